The zero-order valence-electron chi connectivity index (χ0n) is 41.7. The molecule has 0 aromatic rings. The van der Waals surface area contributed by atoms with Crippen LogP contribution in [0, 0.1) is 17.8 Å². The summed E-state index contributed by atoms with van der Waals surface area (Å²) in [5.41, 5.74) is 7.55. The molecule has 6 unspecified atom stereocenters. The van der Waals surface area contributed by atoms with Crippen LogP contribution in [0.3, 0.4) is 0 Å². The van der Waals surface area contributed by atoms with Crippen molar-refractivity contribution in [2.24, 2.45) is 23.5 Å². The smallest absolute Gasteiger partial charge is 0.302 e. The van der Waals surface area contributed by atoms with Gasteiger partial charge < -0.3 is 15.2 Å². The number of sulfone groups is 1. The van der Waals surface area contributed by atoms with Gasteiger partial charge in [0, 0.05) is 26.7 Å². The zero-order valence-corrected chi connectivity index (χ0v) is 42.5. The lowest BCUT2D eigenvalue weighted by atomic mass is 9.83. The molecule has 61 heavy (non-hydrogen) atoms. The zero-order chi connectivity index (χ0) is 45.6. The molecule has 0 spiro atoms. The molecular formula is C53H103NO6S. The first-order valence-electron chi connectivity index (χ1n) is 26.3. The Balaban J connectivity index is 5.72. The van der Waals surface area contributed by atoms with Crippen molar-refractivity contribution in [1.82, 2.24) is 0 Å². The monoisotopic (exact) mass is 882 g/mol. The number of rotatable bonds is 44. The third-order valence-corrected chi connectivity index (χ3v) is 15.3. The van der Waals surface area contributed by atoms with E-state index in [0.29, 0.717) is 43.4 Å². The van der Waals surface area contributed by atoms with E-state index in [9.17, 15) is 18.0 Å². The number of ether oxygens (including phenoxy) is 2. The highest BCUT2D eigenvalue weighted by Gasteiger charge is 2.26. The number of carbonyl (C=O) groups is 2. The van der Waals surface area contributed by atoms with E-state index in [0.717, 1.165) is 83.5 Å². The Hall–Kier alpha value is -1.41. The van der Waals surface area contributed by atoms with Crippen molar-refractivity contribution in [1.29, 1.82) is 0 Å². The van der Waals surface area contributed by atoms with Crippen molar-refractivity contribution in [3.8, 4) is 0 Å². The Morgan fingerprint density at radius 1 is 0.541 bits per heavy atom. The van der Waals surface area contributed by atoms with E-state index in [2.05, 4.69) is 47.6 Å². The van der Waals surface area contributed by atoms with E-state index in [-0.39, 0.29) is 29.9 Å². The summed E-state index contributed by atoms with van der Waals surface area (Å²) in [5.74, 6) is 0.925. The molecule has 362 valence electrons. The maximum atomic E-state index is 13.3. The number of nitrogens with two attached hydrogens (primary N) is 1. The van der Waals surface area contributed by atoms with Crippen molar-refractivity contribution in [3.05, 3.63) is 11.6 Å². The third-order valence-electron chi connectivity index (χ3n) is 13.3. The largest absolute Gasteiger partial charge is 0.462 e. The quantitative estimate of drug-likeness (QED) is 0.0368. The Morgan fingerprint density at radius 3 is 1.48 bits per heavy atom. The lowest BCUT2D eigenvalue weighted by Crippen LogP contribution is -2.34. The average Bonchev–Trinajstić information content (AvgIpc) is 3.22. The SMILES string of the molecule is CCCCCCCCCCCCC(C/C=C(/CCCC(C)C(CCCC)CCS(=O)(=O)C(N)CCC(C)CC)CC(CCCCCCCCCCCC)OC(C)=O)OC(C)=O. The van der Waals surface area contributed by atoms with Crippen molar-refractivity contribution in [2.45, 2.75) is 291 Å². The predicted octanol–water partition coefficient (Wildman–Crippen LogP) is 15.7. The minimum atomic E-state index is -3.34. The molecule has 2 N–H and O–H groups in total. The lowest BCUT2D eigenvalue weighted by Gasteiger charge is -2.26. The number of esters is 2. The van der Waals surface area contributed by atoms with Crippen molar-refractivity contribution in [2.75, 3.05) is 5.75 Å². The van der Waals surface area contributed by atoms with Gasteiger partial charge in [-0.1, -0.05) is 201 Å². The fraction of sp³-hybridized carbons (Fsp3) is 0.925. The van der Waals surface area contributed by atoms with Gasteiger partial charge in [-0.25, -0.2) is 8.42 Å². The molecule has 0 saturated heterocycles. The summed E-state index contributed by atoms with van der Waals surface area (Å²) in [6.45, 7) is 16.4. The Morgan fingerprint density at radius 2 is 1.00 bits per heavy atom. The van der Waals surface area contributed by atoms with E-state index in [1.165, 1.54) is 129 Å². The molecular weight excluding hydrogens is 779 g/mol. The Labute approximate surface area is 380 Å². The topological polar surface area (TPSA) is 113 Å². The van der Waals surface area contributed by atoms with Crippen LogP contribution in [0.15, 0.2) is 11.6 Å². The van der Waals surface area contributed by atoms with Crippen LogP contribution < -0.4 is 5.73 Å². The lowest BCUT2D eigenvalue weighted by molar-refractivity contribution is -0.147. The van der Waals surface area contributed by atoms with Gasteiger partial charge >= 0.3 is 11.9 Å². The first kappa shape index (κ1) is 59.6. The number of carbonyl (C=O) groups excluding carboxylic acids is 2. The normalized spacial score (nSPS) is 15.3. The van der Waals surface area contributed by atoms with E-state index < -0.39 is 15.2 Å². The maximum absolute atomic E-state index is 13.3. The highest BCUT2D eigenvalue weighted by atomic mass is 32.2. The molecule has 0 rings (SSSR count). The highest BCUT2D eigenvalue weighted by Crippen LogP contribution is 2.30. The van der Waals surface area contributed by atoms with Gasteiger partial charge in [-0.05, 0) is 75.5 Å². The van der Waals surface area contributed by atoms with Crippen LogP contribution in [0.4, 0.5) is 0 Å². The Bertz CT molecular complexity index is 1170. The van der Waals surface area contributed by atoms with Gasteiger partial charge in [0.1, 0.15) is 17.6 Å². The molecule has 0 aliphatic rings. The molecule has 0 aromatic carbocycles. The van der Waals surface area contributed by atoms with Crippen LogP contribution >= 0.6 is 0 Å². The molecule has 8 heteroatoms. The van der Waals surface area contributed by atoms with Crippen LogP contribution in [0.5, 0.6) is 0 Å². The summed E-state index contributed by atoms with van der Waals surface area (Å²) < 4.78 is 38.4. The summed E-state index contributed by atoms with van der Waals surface area (Å²) in [7, 11) is -3.34. The van der Waals surface area contributed by atoms with E-state index in [4.69, 9.17) is 15.2 Å². The molecule has 0 bridgehead atoms. The first-order chi connectivity index (χ1) is 29.3. The number of hydrogen-bond donors (Lipinski definition) is 1. The molecule has 0 aliphatic carbocycles. The standard InChI is InChI=1S/C53H103NO6S/c1-9-13-16-18-20-22-24-26-28-30-36-51(59-47(7)55)40-39-49(44-52(60-48(8)56)37-31-29-27-25-23-21-19-17-14-10-2)34-32-33-46(6)50(35-15-11-3)42-43-61(57,58)53(54)41-38-45(5)12-4/h39,45-46,50-53H,9-38,40-44,54H2,1-8H3/b49-39-. The second-order valence-electron chi connectivity index (χ2n) is 19.3. The Kier molecular flexibility index (Phi) is 39.2. The van der Waals surface area contributed by atoms with Gasteiger partial charge in [-0.3, -0.25) is 9.59 Å². The van der Waals surface area contributed by atoms with Crippen LogP contribution in [-0.4, -0.2) is 43.7 Å². The highest BCUT2D eigenvalue weighted by molar-refractivity contribution is 7.91. The summed E-state index contributed by atoms with van der Waals surface area (Å²) in [6, 6.07) is 0. The molecule has 0 fully saturated rings. The van der Waals surface area contributed by atoms with Crippen molar-refractivity contribution in [3.63, 3.8) is 0 Å². The predicted molar refractivity (Wildman–Crippen MR) is 262 cm³/mol. The maximum Gasteiger partial charge on any atom is 0.302 e. The van der Waals surface area contributed by atoms with Gasteiger partial charge in [0.25, 0.3) is 0 Å². The summed E-state index contributed by atoms with van der Waals surface area (Å²) in [5, 5.41) is -0.775. The summed E-state index contributed by atoms with van der Waals surface area (Å²) in [4.78, 5) is 24.6. The molecule has 0 saturated carbocycles. The fourth-order valence-corrected chi connectivity index (χ4v) is 10.3. The second kappa shape index (κ2) is 40.1. The van der Waals surface area contributed by atoms with Crippen molar-refractivity contribution >= 4 is 21.8 Å². The molecule has 6 atom stereocenters. The van der Waals surface area contributed by atoms with Gasteiger partial charge in [0.2, 0.25) is 0 Å². The van der Waals surface area contributed by atoms with E-state index in [1.807, 2.05) is 0 Å². The number of hydrogen-bond acceptors (Lipinski definition) is 7. The fourth-order valence-electron chi connectivity index (χ4n) is 8.86. The number of unbranched alkanes of at least 4 members (excludes halogenated alkanes) is 19. The average molecular weight is 882 g/mol. The molecule has 0 amide bonds. The molecule has 0 radical (unpaired) electrons. The first-order valence-corrected chi connectivity index (χ1v) is 28.0. The molecule has 7 nitrogen and oxygen atoms in total. The van der Waals surface area contributed by atoms with Crippen LogP contribution in [-0.2, 0) is 28.9 Å². The van der Waals surface area contributed by atoms with Crippen molar-refractivity contribution < 1.29 is 27.5 Å². The van der Waals surface area contributed by atoms with Gasteiger partial charge in [-0.2, -0.15) is 0 Å². The van der Waals surface area contributed by atoms with Crippen LogP contribution in [0.1, 0.15) is 274 Å². The van der Waals surface area contributed by atoms with Crippen LogP contribution in [0.25, 0.3) is 0 Å². The third kappa shape index (κ3) is 35.6. The van der Waals surface area contributed by atoms with Gasteiger partial charge in [0.15, 0.2) is 9.84 Å². The van der Waals surface area contributed by atoms with E-state index >= 15 is 0 Å². The molecule has 0 aromatic heterocycles. The minimum absolute atomic E-state index is 0.147. The van der Waals surface area contributed by atoms with Crippen LogP contribution in [0.2, 0.25) is 0 Å². The summed E-state index contributed by atoms with van der Waals surface area (Å²) in [6.07, 6.45) is 39.8. The summed E-state index contributed by atoms with van der Waals surface area (Å²) >= 11 is 0. The molecule has 0 heterocycles. The van der Waals surface area contributed by atoms with Gasteiger partial charge in [-0.15, -0.1) is 0 Å². The van der Waals surface area contributed by atoms with E-state index in [1.54, 1.807) is 0 Å². The molecule has 0 aliphatic heterocycles. The van der Waals surface area contributed by atoms with Gasteiger partial charge in [0.05, 0.1) is 5.75 Å². The second-order valence-corrected chi connectivity index (χ2v) is 21.6. The minimum Gasteiger partial charge on any atom is -0.462 e.